The van der Waals surface area contributed by atoms with Crippen LogP contribution in [0, 0.1) is 6.92 Å². The number of nitrogens with two attached hydrogens (primary N) is 1. The molecule has 0 amide bonds. The van der Waals surface area contributed by atoms with Gasteiger partial charge in [-0.25, -0.2) is 4.68 Å². The van der Waals surface area contributed by atoms with E-state index in [1.54, 1.807) is 0 Å². The lowest BCUT2D eigenvalue weighted by molar-refractivity contribution is 0.655. The minimum absolute atomic E-state index is 0.604. The molecule has 0 radical (unpaired) electrons. The van der Waals surface area contributed by atoms with Crippen molar-refractivity contribution >= 4 is 5.69 Å². The minimum Gasteiger partial charge on any atom is -0.381 e. The van der Waals surface area contributed by atoms with Gasteiger partial charge in [-0.2, -0.15) is 5.10 Å². The maximum Gasteiger partial charge on any atom is 0.0767 e. The first-order chi connectivity index (χ1) is 10.3. The van der Waals surface area contributed by atoms with E-state index in [4.69, 9.17) is 5.73 Å². The topological polar surface area (TPSA) is 55.9 Å². The van der Waals surface area contributed by atoms with Gasteiger partial charge in [0.2, 0.25) is 0 Å². The van der Waals surface area contributed by atoms with E-state index in [0.29, 0.717) is 12.5 Å². The summed E-state index contributed by atoms with van der Waals surface area (Å²) in [5, 5.41) is 8.10. The van der Waals surface area contributed by atoms with Crippen molar-refractivity contribution in [1.29, 1.82) is 0 Å². The van der Waals surface area contributed by atoms with Crippen LogP contribution < -0.4 is 11.1 Å². The maximum atomic E-state index is 5.63. The van der Waals surface area contributed by atoms with Crippen LogP contribution in [0.1, 0.15) is 42.9 Å². The molecule has 1 aromatic carbocycles. The molecule has 21 heavy (non-hydrogen) atoms. The molecule has 1 fully saturated rings. The Morgan fingerprint density at radius 2 is 2.05 bits per heavy atom. The molecule has 0 spiro atoms. The van der Waals surface area contributed by atoms with Gasteiger partial charge in [0.15, 0.2) is 0 Å². The molecule has 4 heteroatoms. The van der Waals surface area contributed by atoms with Gasteiger partial charge in [-0.05, 0) is 31.4 Å². The highest BCUT2D eigenvalue weighted by molar-refractivity contribution is 5.53. The van der Waals surface area contributed by atoms with Crippen LogP contribution in [0.15, 0.2) is 30.5 Å². The number of hydrogen-bond donors (Lipinski definition) is 2. The highest BCUT2D eigenvalue weighted by Gasteiger charge is 2.25. The van der Waals surface area contributed by atoms with Crippen molar-refractivity contribution in [2.75, 3.05) is 18.4 Å². The van der Waals surface area contributed by atoms with E-state index >= 15 is 0 Å². The smallest absolute Gasteiger partial charge is 0.0767 e. The van der Waals surface area contributed by atoms with Crippen molar-refractivity contribution in [2.45, 2.75) is 38.5 Å². The Bertz CT molecular complexity index is 597. The van der Waals surface area contributed by atoms with Crippen molar-refractivity contribution in [3.05, 3.63) is 41.7 Å². The molecule has 1 saturated carbocycles. The molecule has 0 aliphatic heterocycles. The molecule has 4 nitrogen and oxygen atoms in total. The fourth-order valence-electron chi connectivity index (χ4n) is 3.29. The first kappa shape index (κ1) is 14.1. The molecule has 1 aliphatic rings. The second-order valence-electron chi connectivity index (χ2n) is 5.84. The van der Waals surface area contributed by atoms with E-state index in [9.17, 15) is 0 Å². The third-order valence-corrected chi connectivity index (χ3v) is 4.35. The number of aryl methyl sites for hydroxylation is 1. The fraction of sp³-hybridized carbons (Fsp3) is 0.471. The summed E-state index contributed by atoms with van der Waals surface area (Å²) in [6.07, 6.45) is 7.11. The summed E-state index contributed by atoms with van der Waals surface area (Å²) in [5.41, 5.74) is 10.5. The normalized spacial score (nSPS) is 15.5. The summed E-state index contributed by atoms with van der Waals surface area (Å²) in [6, 6.07) is 8.44. The van der Waals surface area contributed by atoms with Crippen LogP contribution >= 0.6 is 0 Å². The molecule has 1 aliphatic carbocycles. The lowest BCUT2D eigenvalue weighted by Gasteiger charge is -2.17. The minimum atomic E-state index is 0.604. The third kappa shape index (κ3) is 2.81. The highest BCUT2D eigenvalue weighted by atomic mass is 15.3. The molecular weight excluding hydrogens is 260 g/mol. The summed E-state index contributed by atoms with van der Waals surface area (Å²) in [5.74, 6) is 0.604. The van der Waals surface area contributed by atoms with Gasteiger partial charge in [0.25, 0.3) is 0 Å². The van der Waals surface area contributed by atoms with E-state index in [0.717, 1.165) is 12.2 Å². The zero-order valence-electron chi connectivity index (χ0n) is 12.7. The SMILES string of the molecule is Cc1ccccc1-n1ncc(NCCN)c1C1CCCC1. The molecule has 0 atom stereocenters. The summed E-state index contributed by atoms with van der Waals surface area (Å²) < 4.78 is 2.13. The van der Waals surface area contributed by atoms with Crippen LogP contribution in [0.2, 0.25) is 0 Å². The first-order valence-electron chi connectivity index (χ1n) is 7.89. The van der Waals surface area contributed by atoms with E-state index in [2.05, 4.69) is 46.3 Å². The van der Waals surface area contributed by atoms with Gasteiger partial charge in [-0.15, -0.1) is 0 Å². The van der Waals surface area contributed by atoms with Crippen LogP contribution in [-0.2, 0) is 0 Å². The number of anilines is 1. The third-order valence-electron chi connectivity index (χ3n) is 4.35. The maximum absolute atomic E-state index is 5.63. The largest absolute Gasteiger partial charge is 0.381 e. The zero-order chi connectivity index (χ0) is 14.7. The quantitative estimate of drug-likeness (QED) is 0.886. The van der Waals surface area contributed by atoms with Gasteiger partial charge in [-0.1, -0.05) is 31.0 Å². The average molecular weight is 284 g/mol. The van der Waals surface area contributed by atoms with Gasteiger partial charge in [-0.3, -0.25) is 0 Å². The van der Waals surface area contributed by atoms with E-state index < -0.39 is 0 Å². The van der Waals surface area contributed by atoms with Gasteiger partial charge in [0.05, 0.1) is 23.3 Å². The Morgan fingerprint density at radius 3 is 2.76 bits per heavy atom. The predicted octanol–water partition coefficient (Wildman–Crippen LogP) is 3.21. The second-order valence-corrected chi connectivity index (χ2v) is 5.84. The molecule has 0 bridgehead atoms. The van der Waals surface area contributed by atoms with Crippen LogP contribution in [0.25, 0.3) is 5.69 Å². The van der Waals surface area contributed by atoms with Crippen molar-refractivity contribution in [3.63, 3.8) is 0 Å². The van der Waals surface area contributed by atoms with Crippen molar-refractivity contribution in [1.82, 2.24) is 9.78 Å². The van der Waals surface area contributed by atoms with E-state index in [1.807, 2.05) is 6.20 Å². The molecule has 2 aromatic rings. The Hall–Kier alpha value is -1.81. The summed E-state index contributed by atoms with van der Waals surface area (Å²) in [7, 11) is 0. The number of nitrogens with one attached hydrogen (secondary N) is 1. The highest BCUT2D eigenvalue weighted by Crippen LogP contribution is 2.39. The lowest BCUT2D eigenvalue weighted by atomic mass is 10.0. The van der Waals surface area contributed by atoms with Crippen molar-refractivity contribution in [2.24, 2.45) is 5.73 Å². The average Bonchev–Trinajstić information content (AvgIpc) is 3.14. The number of rotatable bonds is 5. The number of nitrogens with zero attached hydrogens (tertiary/aromatic N) is 2. The standard InChI is InChI=1S/C17H24N4/c1-13-6-2-5-9-16(13)21-17(14-7-3-4-8-14)15(12-20-21)19-11-10-18/h2,5-6,9,12,14,19H,3-4,7-8,10-11,18H2,1H3. The molecule has 112 valence electrons. The number of benzene rings is 1. The monoisotopic (exact) mass is 284 g/mol. The first-order valence-corrected chi connectivity index (χ1v) is 7.89. The molecule has 0 unspecified atom stereocenters. The van der Waals surface area contributed by atoms with Crippen LogP contribution in [0.5, 0.6) is 0 Å². The molecule has 3 rings (SSSR count). The van der Waals surface area contributed by atoms with Crippen molar-refractivity contribution in [3.8, 4) is 5.69 Å². The molecular formula is C17H24N4. The number of hydrogen-bond acceptors (Lipinski definition) is 3. The van der Waals surface area contributed by atoms with Gasteiger partial charge >= 0.3 is 0 Å². The molecule has 3 N–H and O–H groups in total. The lowest BCUT2D eigenvalue weighted by Crippen LogP contribution is -2.15. The second kappa shape index (κ2) is 6.31. The van der Waals surface area contributed by atoms with Gasteiger partial charge in [0.1, 0.15) is 0 Å². The Morgan fingerprint density at radius 1 is 1.29 bits per heavy atom. The van der Waals surface area contributed by atoms with Crippen molar-refractivity contribution < 1.29 is 0 Å². The molecule has 1 aromatic heterocycles. The van der Waals surface area contributed by atoms with Gasteiger partial charge < -0.3 is 11.1 Å². The number of aromatic nitrogens is 2. The zero-order valence-corrected chi connectivity index (χ0v) is 12.7. The van der Waals surface area contributed by atoms with E-state index in [1.165, 1.54) is 42.6 Å². The van der Waals surface area contributed by atoms with E-state index in [-0.39, 0.29) is 0 Å². The Balaban J connectivity index is 2.03. The summed E-state index contributed by atoms with van der Waals surface area (Å²) >= 11 is 0. The number of para-hydroxylation sites is 1. The summed E-state index contributed by atoms with van der Waals surface area (Å²) in [6.45, 7) is 3.57. The summed E-state index contributed by atoms with van der Waals surface area (Å²) in [4.78, 5) is 0. The Labute approximate surface area is 126 Å². The Kier molecular flexibility index (Phi) is 4.25. The van der Waals surface area contributed by atoms with Crippen LogP contribution in [0.4, 0.5) is 5.69 Å². The van der Waals surface area contributed by atoms with Crippen LogP contribution in [0.3, 0.4) is 0 Å². The van der Waals surface area contributed by atoms with Crippen LogP contribution in [-0.4, -0.2) is 22.9 Å². The molecule has 0 saturated heterocycles. The predicted molar refractivity (Wildman–Crippen MR) is 87.1 cm³/mol. The van der Waals surface area contributed by atoms with Gasteiger partial charge in [0, 0.05) is 19.0 Å². The molecule has 1 heterocycles. The fourth-order valence-corrected chi connectivity index (χ4v) is 3.29.